The summed E-state index contributed by atoms with van der Waals surface area (Å²) in [5.74, 6) is -0.448. The van der Waals surface area contributed by atoms with Gasteiger partial charge in [0, 0.05) is 43.3 Å². The first kappa shape index (κ1) is 33.6. The number of likely N-dealkylation sites (tertiary alicyclic amines) is 1. The molecule has 46 heavy (non-hydrogen) atoms. The Hall–Kier alpha value is -3.80. The number of aliphatic hydroxyl groups excluding tert-OH is 1. The van der Waals surface area contributed by atoms with Crippen LogP contribution in [0, 0.1) is 5.92 Å². The number of anilines is 1. The molecule has 10 heteroatoms. The van der Waals surface area contributed by atoms with Gasteiger partial charge < -0.3 is 34.7 Å². The zero-order valence-electron chi connectivity index (χ0n) is 26.8. The first-order chi connectivity index (χ1) is 22.4. The SMILES string of the molecule is COC[C@@H]1CCCN1C[C@H]1O[C@@H](c2ccc(NC(=O)N[C@@H](Cc3ccccc3)C(=O)OC)cc2)O[C@@H](c2ccc(CO)cc2)[C@H]1C. The quantitative estimate of drug-likeness (QED) is 0.240. The van der Waals surface area contributed by atoms with Crippen molar-refractivity contribution in [2.75, 3.05) is 39.2 Å². The number of amides is 2. The summed E-state index contributed by atoms with van der Waals surface area (Å²) in [7, 11) is 3.05. The number of carbonyl (C=O) groups excluding carboxylic acids is 2. The van der Waals surface area contributed by atoms with Crippen molar-refractivity contribution in [3.8, 4) is 0 Å². The summed E-state index contributed by atoms with van der Waals surface area (Å²) in [5.41, 5.74) is 4.17. The van der Waals surface area contributed by atoms with Gasteiger partial charge in [0.1, 0.15) is 6.04 Å². The number of esters is 1. The van der Waals surface area contributed by atoms with E-state index >= 15 is 0 Å². The van der Waals surface area contributed by atoms with Crippen molar-refractivity contribution in [3.05, 3.63) is 101 Å². The zero-order valence-corrected chi connectivity index (χ0v) is 26.8. The smallest absolute Gasteiger partial charge is 0.328 e. The van der Waals surface area contributed by atoms with Crippen LogP contribution >= 0.6 is 0 Å². The lowest BCUT2D eigenvalue weighted by atomic mass is 9.90. The fraction of sp³-hybridized carbons (Fsp3) is 0.444. The minimum absolute atomic E-state index is 0.0135. The Morgan fingerprint density at radius 1 is 0.957 bits per heavy atom. The number of benzene rings is 3. The van der Waals surface area contributed by atoms with E-state index in [1.807, 2.05) is 66.7 Å². The zero-order chi connectivity index (χ0) is 32.5. The molecule has 0 unspecified atom stereocenters. The van der Waals surface area contributed by atoms with Gasteiger partial charge in [-0.3, -0.25) is 4.90 Å². The van der Waals surface area contributed by atoms with Crippen LogP contribution in [0.5, 0.6) is 0 Å². The second-order valence-corrected chi connectivity index (χ2v) is 12.1. The molecule has 3 N–H and O–H groups in total. The van der Waals surface area contributed by atoms with Gasteiger partial charge >= 0.3 is 12.0 Å². The molecule has 2 amide bonds. The number of urea groups is 1. The van der Waals surface area contributed by atoms with Crippen LogP contribution in [0.2, 0.25) is 0 Å². The number of nitrogens with one attached hydrogen (secondary N) is 2. The lowest BCUT2D eigenvalue weighted by Gasteiger charge is -2.43. The number of rotatable bonds is 12. The summed E-state index contributed by atoms with van der Waals surface area (Å²) in [4.78, 5) is 27.7. The molecule has 3 aromatic rings. The highest BCUT2D eigenvalue weighted by Crippen LogP contribution is 2.42. The number of nitrogens with zero attached hydrogens (tertiary/aromatic N) is 1. The van der Waals surface area contributed by atoms with Crippen molar-refractivity contribution in [1.82, 2.24) is 10.2 Å². The standard InChI is InChI=1S/C36H45N3O7/c1-24-32(21-39-19-7-10-30(39)23-43-2)45-35(46-33(24)27-13-11-26(22-40)12-14-27)28-15-17-29(18-16-28)37-36(42)38-31(34(41)44-3)20-25-8-5-4-6-9-25/h4-6,8-9,11-18,24,30-33,35,40H,7,10,19-23H2,1-3H3,(H2,37,38,42)/t24-,30-,31-,32+,33+,35+/m0/s1. The highest BCUT2D eigenvalue weighted by atomic mass is 16.7. The third-order valence-corrected chi connectivity index (χ3v) is 8.91. The van der Waals surface area contributed by atoms with Gasteiger partial charge in [0.15, 0.2) is 6.29 Å². The molecular weight excluding hydrogens is 586 g/mol. The van der Waals surface area contributed by atoms with Crippen LogP contribution in [-0.4, -0.2) is 74.1 Å². The van der Waals surface area contributed by atoms with Crippen molar-refractivity contribution in [2.45, 2.75) is 63.4 Å². The maximum Gasteiger partial charge on any atom is 0.328 e. The number of aliphatic hydroxyl groups is 1. The monoisotopic (exact) mass is 631 g/mol. The number of hydrogen-bond donors (Lipinski definition) is 3. The van der Waals surface area contributed by atoms with Crippen molar-refractivity contribution < 1.29 is 33.6 Å². The van der Waals surface area contributed by atoms with Gasteiger partial charge in [-0.05, 0) is 48.2 Å². The van der Waals surface area contributed by atoms with E-state index in [0.717, 1.165) is 48.2 Å². The summed E-state index contributed by atoms with van der Waals surface area (Å²) < 4.78 is 23.7. The highest BCUT2D eigenvalue weighted by molar-refractivity contribution is 5.92. The molecule has 0 saturated carbocycles. The van der Waals surface area contributed by atoms with E-state index in [1.165, 1.54) is 7.11 Å². The molecule has 0 bridgehead atoms. The molecule has 5 rings (SSSR count). The first-order valence-corrected chi connectivity index (χ1v) is 15.9. The first-order valence-electron chi connectivity index (χ1n) is 15.9. The minimum atomic E-state index is -0.836. The van der Waals surface area contributed by atoms with Gasteiger partial charge in [-0.25, -0.2) is 9.59 Å². The van der Waals surface area contributed by atoms with E-state index < -0.39 is 24.3 Å². The molecule has 2 heterocycles. The summed E-state index contributed by atoms with van der Waals surface area (Å²) >= 11 is 0. The van der Waals surface area contributed by atoms with Crippen LogP contribution in [0.3, 0.4) is 0 Å². The van der Waals surface area contributed by atoms with Crippen molar-refractivity contribution in [1.29, 1.82) is 0 Å². The topological polar surface area (TPSA) is 119 Å². The Morgan fingerprint density at radius 2 is 1.67 bits per heavy atom. The molecule has 2 aliphatic rings. The third-order valence-electron chi connectivity index (χ3n) is 8.91. The van der Waals surface area contributed by atoms with Gasteiger partial charge in [0.25, 0.3) is 0 Å². The van der Waals surface area contributed by atoms with E-state index in [-0.39, 0.29) is 24.7 Å². The van der Waals surface area contributed by atoms with Crippen molar-refractivity contribution >= 4 is 17.7 Å². The number of methoxy groups -OCH3 is 2. The predicted molar refractivity (Wildman–Crippen MR) is 174 cm³/mol. The second kappa shape index (κ2) is 16.2. The maximum atomic E-state index is 12.9. The molecule has 6 atom stereocenters. The molecule has 3 aromatic carbocycles. The van der Waals surface area contributed by atoms with Gasteiger partial charge in [-0.1, -0.05) is 73.7 Å². The Kier molecular flexibility index (Phi) is 11.8. The number of ether oxygens (including phenoxy) is 4. The molecule has 246 valence electrons. The van der Waals surface area contributed by atoms with Gasteiger partial charge in [-0.15, -0.1) is 0 Å². The van der Waals surface area contributed by atoms with Gasteiger partial charge in [-0.2, -0.15) is 0 Å². The number of hydrogen-bond acceptors (Lipinski definition) is 8. The van der Waals surface area contributed by atoms with Crippen LogP contribution in [0.4, 0.5) is 10.5 Å². The summed E-state index contributed by atoms with van der Waals surface area (Å²) in [6.45, 7) is 4.62. The Labute approximate surface area is 271 Å². The van der Waals surface area contributed by atoms with Crippen LogP contribution in [0.25, 0.3) is 0 Å². The van der Waals surface area contributed by atoms with Crippen molar-refractivity contribution in [3.63, 3.8) is 0 Å². The van der Waals surface area contributed by atoms with Crippen LogP contribution in [0.1, 0.15) is 54.4 Å². The van der Waals surface area contributed by atoms with E-state index in [2.05, 4.69) is 22.5 Å². The van der Waals surface area contributed by atoms with E-state index in [0.29, 0.717) is 24.8 Å². The summed E-state index contributed by atoms with van der Waals surface area (Å²) in [6, 6.07) is 23.7. The third kappa shape index (κ3) is 8.51. The fourth-order valence-electron chi connectivity index (χ4n) is 6.31. The molecule has 0 spiro atoms. The molecule has 2 saturated heterocycles. The highest BCUT2D eigenvalue weighted by Gasteiger charge is 2.40. The van der Waals surface area contributed by atoms with Crippen LogP contribution < -0.4 is 10.6 Å². The van der Waals surface area contributed by atoms with Crippen molar-refractivity contribution in [2.24, 2.45) is 5.92 Å². The average Bonchev–Trinajstić information content (AvgIpc) is 3.52. The normalized spacial score (nSPS) is 23.9. The largest absolute Gasteiger partial charge is 0.467 e. The molecular formula is C36H45N3O7. The van der Waals surface area contributed by atoms with Crippen LogP contribution in [-0.2, 0) is 36.8 Å². The Morgan fingerprint density at radius 3 is 2.35 bits per heavy atom. The van der Waals surface area contributed by atoms with E-state index in [1.54, 1.807) is 19.2 Å². The Balaban J connectivity index is 1.28. The lowest BCUT2D eigenvalue weighted by Crippen LogP contribution is -2.46. The molecule has 2 aliphatic heterocycles. The Bertz CT molecular complexity index is 1400. The molecule has 10 nitrogen and oxygen atoms in total. The summed E-state index contributed by atoms with van der Waals surface area (Å²) in [6.07, 6.45) is 1.62. The summed E-state index contributed by atoms with van der Waals surface area (Å²) in [5, 5.41) is 15.1. The molecule has 0 aliphatic carbocycles. The van der Waals surface area contributed by atoms with Gasteiger partial charge in [0.05, 0.1) is 32.5 Å². The average molecular weight is 632 g/mol. The van der Waals surface area contributed by atoms with E-state index in [4.69, 9.17) is 18.9 Å². The van der Waals surface area contributed by atoms with E-state index in [9.17, 15) is 14.7 Å². The molecule has 2 fully saturated rings. The minimum Gasteiger partial charge on any atom is -0.467 e. The molecule has 0 aromatic heterocycles. The maximum absolute atomic E-state index is 12.9. The number of carbonyl (C=O) groups is 2. The van der Waals surface area contributed by atoms with Crippen LogP contribution in [0.15, 0.2) is 78.9 Å². The second-order valence-electron chi connectivity index (χ2n) is 12.1. The predicted octanol–water partition coefficient (Wildman–Crippen LogP) is 4.99. The molecule has 0 radical (unpaired) electrons. The fourth-order valence-corrected chi connectivity index (χ4v) is 6.31. The lowest BCUT2D eigenvalue weighted by molar-refractivity contribution is -0.276. The van der Waals surface area contributed by atoms with Gasteiger partial charge in [0.2, 0.25) is 0 Å².